The molecule has 1 heterocycles. The van der Waals surface area contributed by atoms with E-state index in [0.717, 1.165) is 0 Å². The summed E-state index contributed by atoms with van der Waals surface area (Å²) in [6, 6.07) is 1.22. The minimum absolute atomic E-state index is 0.328. The van der Waals surface area contributed by atoms with E-state index in [1.807, 2.05) is 6.39 Å². The van der Waals surface area contributed by atoms with Gasteiger partial charge in [-0.3, -0.25) is 4.79 Å². The molecule has 1 aromatic heterocycles. The van der Waals surface area contributed by atoms with Crippen molar-refractivity contribution in [1.29, 1.82) is 0 Å². The molecule has 0 N–H and O–H groups in total. The molecule has 0 aliphatic rings. The zero-order valence-corrected chi connectivity index (χ0v) is 3.42. The Balaban J connectivity index is 3.28. The van der Waals surface area contributed by atoms with E-state index in [2.05, 4.69) is 9.40 Å². The first-order chi connectivity index (χ1) is 3.39. The van der Waals surface area contributed by atoms with E-state index < -0.39 is 0 Å². The monoisotopic (exact) mass is 96.0 g/mol. The van der Waals surface area contributed by atoms with Crippen LogP contribution in [0.4, 0.5) is 0 Å². The molecule has 3 nitrogen and oxygen atoms in total. The molecule has 0 bridgehead atoms. The fourth-order valence-corrected chi connectivity index (χ4v) is 0.231. The highest BCUT2D eigenvalue weighted by atomic mass is 16.3. The number of hydrogen-bond donors (Lipinski definition) is 0. The lowest BCUT2D eigenvalue weighted by molar-refractivity contribution is 0.513. The van der Waals surface area contributed by atoms with Crippen LogP contribution in [0.1, 0.15) is 0 Å². The topological polar surface area (TPSA) is 43.1 Å². The third-order valence-electron chi connectivity index (χ3n) is 0.487. The first kappa shape index (κ1) is 4.05. The molecule has 0 aromatic carbocycles. The molecular formula is C4H2NO2. The number of hydrogen-bond acceptors (Lipinski definition) is 3. The summed E-state index contributed by atoms with van der Waals surface area (Å²) < 4.78 is 4.32. The zero-order chi connectivity index (χ0) is 5.11. The molecule has 0 fully saturated rings. The summed E-state index contributed by atoms with van der Waals surface area (Å²) in [6.07, 6.45) is 3.25. The van der Waals surface area contributed by atoms with Gasteiger partial charge in [-0.2, -0.15) is 4.98 Å². The van der Waals surface area contributed by atoms with Crippen molar-refractivity contribution in [1.82, 2.24) is 4.98 Å². The molecule has 35 valence electrons. The second-order valence-corrected chi connectivity index (χ2v) is 0.962. The van der Waals surface area contributed by atoms with E-state index in [9.17, 15) is 4.79 Å². The summed E-state index contributed by atoms with van der Waals surface area (Å²) in [5.74, 6) is 0. The van der Waals surface area contributed by atoms with Crippen LogP contribution < -0.4 is 5.56 Å². The highest BCUT2D eigenvalue weighted by molar-refractivity contribution is 4.72. The lowest BCUT2D eigenvalue weighted by Crippen LogP contribution is -1.99. The smallest absolute Gasteiger partial charge is 0.286 e. The first-order valence-electron chi connectivity index (χ1n) is 1.71. The van der Waals surface area contributed by atoms with Crippen LogP contribution in [-0.2, 0) is 0 Å². The van der Waals surface area contributed by atoms with E-state index in [1.165, 1.54) is 12.3 Å². The van der Waals surface area contributed by atoms with Crippen molar-refractivity contribution < 1.29 is 4.42 Å². The Hall–Kier alpha value is -1.12. The molecule has 0 saturated heterocycles. The molecule has 3 heteroatoms. The largest absolute Gasteiger partial charge is 0.442 e. The van der Waals surface area contributed by atoms with Gasteiger partial charge in [-0.25, -0.2) is 0 Å². The van der Waals surface area contributed by atoms with E-state index in [0.29, 0.717) is 0 Å². The molecule has 1 radical (unpaired) electrons. The van der Waals surface area contributed by atoms with Crippen molar-refractivity contribution in [2.75, 3.05) is 0 Å². The Kier molecular flexibility index (Phi) is 0.898. The van der Waals surface area contributed by atoms with Crippen LogP contribution in [0.15, 0.2) is 21.5 Å². The lowest BCUT2D eigenvalue weighted by atomic mass is 10.7. The Bertz CT molecular complexity index is 175. The van der Waals surface area contributed by atoms with Crippen molar-refractivity contribution in [2.45, 2.75) is 0 Å². The predicted octanol–water partition coefficient (Wildman–Crippen LogP) is -0.165. The summed E-state index contributed by atoms with van der Waals surface area (Å²) in [4.78, 5) is 13.2. The van der Waals surface area contributed by atoms with Gasteiger partial charge in [-0.05, 0) is 0 Å². The van der Waals surface area contributed by atoms with Crippen molar-refractivity contribution >= 4 is 0 Å². The molecule has 0 amide bonds. The lowest BCUT2D eigenvalue weighted by Gasteiger charge is -1.70. The molecule has 1 rings (SSSR count). The second kappa shape index (κ2) is 1.55. The average molecular weight is 96.1 g/mol. The van der Waals surface area contributed by atoms with Gasteiger partial charge < -0.3 is 4.42 Å². The Morgan fingerprint density at radius 1 is 1.86 bits per heavy atom. The number of rotatable bonds is 0. The van der Waals surface area contributed by atoms with E-state index in [4.69, 9.17) is 0 Å². The third kappa shape index (κ3) is 0.855. The van der Waals surface area contributed by atoms with Crippen LogP contribution in [0.2, 0.25) is 0 Å². The van der Waals surface area contributed by atoms with Crippen LogP contribution in [0.3, 0.4) is 0 Å². The van der Waals surface area contributed by atoms with Crippen LogP contribution in [-0.4, -0.2) is 4.98 Å². The maximum absolute atomic E-state index is 10.1. The van der Waals surface area contributed by atoms with Gasteiger partial charge in [-0.15, -0.1) is 0 Å². The molecule has 0 saturated carbocycles. The molecule has 0 spiro atoms. The van der Waals surface area contributed by atoms with Gasteiger partial charge in [0.1, 0.15) is 0 Å². The van der Waals surface area contributed by atoms with Crippen molar-refractivity contribution in [3.63, 3.8) is 0 Å². The van der Waals surface area contributed by atoms with E-state index in [-0.39, 0.29) is 5.56 Å². The van der Waals surface area contributed by atoms with Crippen molar-refractivity contribution in [3.8, 4) is 0 Å². The zero-order valence-electron chi connectivity index (χ0n) is 3.42. The number of aromatic nitrogens is 1. The second-order valence-electron chi connectivity index (χ2n) is 0.962. The fourth-order valence-electron chi connectivity index (χ4n) is 0.231. The van der Waals surface area contributed by atoms with Gasteiger partial charge in [0, 0.05) is 6.07 Å². The number of nitrogens with zero attached hydrogens (tertiary/aromatic N) is 1. The van der Waals surface area contributed by atoms with Crippen LogP contribution in [0.5, 0.6) is 0 Å². The maximum Gasteiger partial charge on any atom is 0.286 e. The Morgan fingerprint density at radius 3 is 3.00 bits per heavy atom. The molecule has 0 unspecified atom stereocenters. The normalized spacial score (nSPS) is 8.57. The Morgan fingerprint density at radius 2 is 2.71 bits per heavy atom. The van der Waals surface area contributed by atoms with Crippen molar-refractivity contribution in [2.24, 2.45) is 0 Å². The first-order valence-corrected chi connectivity index (χ1v) is 1.71. The van der Waals surface area contributed by atoms with Crippen LogP contribution >= 0.6 is 0 Å². The molecular weight excluding hydrogens is 94.0 g/mol. The highest BCUT2D eigenvalue weighted by Crippen LogP contribution is 1.65. The standard InChI is InChI=1S/C4H2NO2/c6-4-1-2-7-3-5-4/h1-2H. The predicted molar refractivity (Wildman–Crippen MR) is 21.6 cm³/mol. The maximum atomic E-state index is 10.1. The fraction of sp³-hybridized carbons (Fsp3) is 0. The molecule has 7 heavy (non-hydrogen) atoms. The van der Waals surface area contributed by atoms with Crippen LogP contribution in [0, 0.1) is 6.39 Å². The quantitative estimate of drug-likeness (QED) is 0.450. The van der Waals surface area contributed by atoms with Crippen LogP contribution in [0.25, 0.3) is 0 Å². The molecule has 0 aliphatic carbocycles. The van der Waals surface area contributed by atoms with Gasteiger partial charge in [0.2, 0.25) is 0 Å². The highest BCUT2D eigenvalue weighted by Gasteiger charge is 1.75. The Labute approximate surface area is 39.6 Å². The van der Waals surface area contributed by atoms with Gasteiger partial charge in [-0.1, -0.05) is 0 Å². The third-order valence-corrected chi connectivity index (χ3v) is 0.487. The van der Waals surface area contributed by atoms with Gasteiger partial charge in [0.05, 0.1) is 6.26 Å². The van der Waals surface area contributed by atoms with E-state index in [1.54, 1.807) is 0 Å². The minimum Gasteiger partial charge on any atom is -0.442 e. The van der Waals surface area contributed by atoms with Gasteiger partial charge in [0.15, 0.2) is 0 Å². The minimum atomic E-state index is -0.328. The molecule has 1 aromatic rings. The van der Waals surface area contributed by atoms with Gasteiger partial charge >= 0.3 is 0 Å². The van der Waals surface area contributed by atoms with E-state index >= 15 is 0 Å². The summed E-state index contributed by atoms with van der Waals surface area (Å²) in [5.41, 5.74) is -0.328. The molecule has 0 aliphatic heterocycles. The summed E-state index contributed by atoms with van der Waals surface area (Å²) in [5, 5.41) is 0. The summed E-state index contributed by atoms with van der Waals surface area (Å²) in [7, 11) is 0. The van der Waals surface area contributed by atoms with Crippen molar-refractivity contribution in [3.05, 3.63) is 29.1 Å². The summed E-state index contributed by atoms with van der Waals surface area (Å²) in [6.45, 7) is 0. The molecule has 0 atom stereocenters. The summed E-state index contributed by atoms with van der Waals surface area (Å²) >= 11 is 0. The average Bonchev–Trinajstić information content (AvgIpc) is 1.69. The SMILES string of the molecule is O=c1cco[c]n1. The van der Waals surface area contributed by atoms with Gasteiger partial charge in [0.25, 0.3) is 12.0 Å².